The fourth-order valence-corrected chi connectivity index (χ4v) is 1.73. The summed E-state index contributed by atoms with van der Waals surface area (Å²) in [6.07, 6.45) is 0.533. The predicted octanol–water partition coefficient (Wildman–Crippen LogP) is 1.77. The fourth-order valence-electron chi connectivity index (χ4n) is 1.44. The van der Waals surface area contributed by atoms with Crippen LogP contribution in [0.5, 0.6) is 0 Å². The number of rotatable bonds is 4. The summed E-state index contributed by atoms with van der Waals surface area (Å²) in [6, 6.07) is 4.98. The number of thiol groups is 1. The van der Waals surface area contributed by atoms with Crippen LogP contribution >= 0.6 is 12.6 Å². The molecule has 0 aliphatic rings. The van der Waals surface area contributed by atoms with Crippen molar-refractivity contribution in [3.8, 4) is 6.07 Å². The first-order valence-electron chi connectivity index (χ1n) is 4.99. The normalized spacial score (nSPS) is 9.47. The molecular formula is C12H11NO3S. The number of carbonyl (C=O) groups excluding carboxylic acids is 2. The molecule has 0 aliphatic heterocycles. The van der Waals surface area contributed by atoms with Gasteiger partial charge in [-0.3, -0.25) is 9.59 Å². The van der Waals surface area contributed by atoms with Gasteiger partial charge < -0.3 is 4.74 Å². The van der Waals surface area contributed by atoms with E-state index in [1.165, 1.54) is 6.07 Å². The Bertz CT molecular complexity index is 491. The topological polar surface area (TPSA) is 67.2 Å². The molecule has 88 valence electrons. The maximum Gasteiger partial charge on any atom is 0.310 e. The highest BCUT2D eigenvalue weighted by Crippen LogP contribution is 2.19. The molecule has 0 N–H and O–H groups in total. The number of benzene rings is 1. The van der Waals surface area contributed by atoms with Gasteiger partial charge in [-0.05, 0) is 24.6 Å². The average Bonchev–Trinajstić information content (AvgIpc) is 2.28. The zero-order valence-corrected chi connectivity index (χ0v) is 10.2. The molecule has 0 amide bonds. The minimum Gasteiger partial charge on any atom is -0.466 e. The first kappa shape index (κ1) is 13.3. The summed E-state index contributed by atoms with van der Waals surface area (Å²) >= 11 is 4.12. The molecule has 0 fully saturated rings. The monoisotopic (exact) mass is 249 g/mol. The SMILES string of the molecule is CCOC(=O)Cc1cc(S)cc(C#N)c1C=O. The lowest BCUT2D eigenvalue weighted by molar-refractivity contribution is -0.142. The molecule has 0 heterocycles. The average molecular weight is 249 g/mol. The third-order valence-corrected chi connectivity index (χ3v) is 2.39. The minimum absolute atomic E-state index is 0.0367. The van der Waals surface area contributed by atoms with Gasteiger partial charge in [0.1, 0.15) is 0 Å². The highest BCUT2D eigenvalue weighted by atomic mass is 32.1. The van der Waals surface area contributed by atoms with E-state index in [0.29, 0.717) is 16.7 Å². The molecule has 5 heteroatoms. The Balaban J connectivity index is 3.14. The van der Waals surface area contributed by atoms with Crippen LogP contribution in [0.4, 0.5) is 0 Å². The quantitative estimate of drug-likeness (QED) is 0.501. The molecule has 0 atom stereocenters. The number of esters is 1. The number of hydrogen-bond donors (Lipinski definition) is 1. The van der Waals surface area contributed by atoms with Crippen LogP contribution in [0.3, 0.4) is 0 Å². The minimum atomic E-state index is -0.432. The van der Waals surface area contributed by atoms with E-state index < -0.39 is 5.97 Å². The van der Waals surface area contributed by atoms with Crippen molar-refractivity contribution in [1.29, 1.82) is 5.26 Å². The fraction of sp³-hybridized carbons (Fsp3) is 0.250. The maximum absolute atomic E-state index is 11.3. The Hall–Kier alpha value is -1.80. The van der Waals surface area contributed by atoms with Gasteiger partial charge in [0.15, 0.2) is 6.29 Å². The standard InChI is InChI=1S/C12H11NO3S/c1-2-16-12(15)5-8-3-10(17)4-9(6-13)11(8)7-14/h3-4,7,17H,2,5H2,1H3. The van der Waals surface area contributed by atoms with Gasteiger partial charge in [0, 0.05) is 10.5 Å². The maximum atomic E-state index is 11.3. The molecule has 1 aromatic carbocycles. The zero-order valence-electron chi connectivity index (χ0n) is 9.27. The number of aldehydes is 1. The van der Waals surface area contributed by atoms with E-state index in [9.17, 15) is 9.59 Å². The van der Waals surface area contributed by atoms with Crippen LogP contribution in [0.15, 0.2) is 17.0 Å². The highest BCUT2D eigenvalue weighted by Gasteiger charge is 2.13. The Labute approximate surface area is 105 Å². The second-order valence-corrected chi connectivity index (χ2v) is 3.79. The Morgan fingerprint density at radius 1 is 1.59 bits per heavy atom. The molecule has 4 nitrogen and oxygen atoms in total. The van der Waals surface area contributed by atoms with Crippen LogP contribution in [0.25, 0.3) is 0 Å². The summed E-state index contributed by atoms with van der Waals surface area (Å²) in [5.74, 6) is -0.432. The van der Waals surface area contributed by atoms with E-state index >= 15 is 0 Å². The molecule has 0 radical (unpaired) electrons. The van der Waals surface area contributed by atoms with Crippen molar-refractivity contribution in [2.75, 3.05) is 6.61 Å². The summed E-state index contributed by atoms with van der Waals surface area (Å²) in [7, 11) is 0. The summed E-state index contributed by atoms with van der Waals surface area (Å²) in [5.41, 5.74) is 0.896. The molecule has 1 rings (SSSR count). The lowest BCUT2D eigenvalue weighted by Crippen LogP contribution is -2.10. The van der Waals surface area contributed by atoms with Gasteiger partial charge in [0.05, 0.1) is 24.7 Å². The van der Waals surface area contributed by atoms with Crippen molar-refractivity contribution in [1.82, 2.24) is 0 Å². The van der Waals surface area contributed by atoms with Gasteiger partial charge in [0.25, 0.3) is 0 Å². The molecule has 0 saturated carbocycles. The third-order valence-electron chi connectivity index (χ3n) is 2.13. The molecule has 1 aromatic rings. The van der Waals surface area contributed by atoms with E-state index in [-0.39, 0.29) is 24.2 Å². The summed E-state index contributed by atoms with van der Waals surface area (Å²) < 4.78 is 4.80. The first-order valence-corrected chi connectivity index (χ1v) is 5.43. The zero-order chi connectivity index (χ0) is 12.8. The second-order valence-electron chi connectivity index (χ2n) is 3.28. The third kappa shape index (κ3) is 3.33. The summed E-state index contributed by atoms with van der Waals surface area (Å²) in [6.45, 7) is 1.98. The Morgan fingerprint density at radius 3 is 2.82 bits per heavy atom. The molecule has 17 heavy (non-hydrogen) atoms. The molecule has 0 unspecified atom stereocenters. The van der Waals surface area contributed by atoms with Crippen LogP contribution in [0.1, 0.15) is 28.4 Å². The molecule has 0 spiro atoms. The number of nitriles is 1. The van der Waals surface area contributed by atoms with Crippen molar-refractivity contribution in [2.24, 2.45) is 0 Å². The lowest BCUT2D eigenvalue weighted by atomic mass is 10.0. The predicted molar refractivity (Wildman–Crippen MR) is 64.1 cm³/mol. The van der Waals surface area contributed by atoms with Crippen molar-refractivity contribution in [3.63, 3.8) is 0 Å². The van der Waals surface area contributed by atoms with Crippen molar-refractivity contribution in [2.45, 2.75) is 18.2 Å². The Kier molecular flexibility index (Phi) is 4.73. The largest absolute Gasteiger partial charge is 0.466 e. The van der Waals surface area contributed by atoms with E-state index in [2.05, 4.69) is 12.6 Å². The molecule has 0 aliphatic carbocycles. The van der Waals surface area contributed by atoms with Crippen LogP contribution in [-0.4, -0.2) is 18.9 Å². The number of hydrogen-bond acceptors (Lipinski definition) is 5. The van der Waals surface area contributed by atoms with E-state index in [0.717, 1.165) is 0 Å². The molecule has 0 saturated heterocycles. The van der Waals surface area contributed by atoms with Gasteiger partial charge in [-0.1, -0.05) is 0 Å². The lowest BCUT2D eigenvalue weighted by Gasteiger charge is -2.07. The van der Waals surface area contributed by atoms with Gasteiger partial charge in [-0.15, -0.1) is 12.6 Å². The number of carbonyl (C=O) groups is 2. The smallest absolute Gasteiger partial charge is 0.310 e. The number of ether oxygens (including phenoxy) is 1. The van der Waals surface area contributed by atoms with Crippen LogP contribution in [0.2, 0.25) is 0 Å². The molecule has 0 bridgehead atoms. The van der Waals surface area contributed by atoms with Gasteiger partial charge in [-0.2, -0.15) is 5.26 Å². The van der Waals surface area contributed by atoms with Crippen LogP contribution in [-0.2, 0) is 16.0 Å². The molecular weight excluding hydrogens is 238 g/mol. The molecule has 0 aromatic heterocycles. The van der Waals surface area contributed by atoms with Gasteiger partial charge >= 0.3 is 5.97 Å². The van der Waals surface area contributed by atoms with Crippen molar-refractivity contribution in [3.05, 3.63) is 28.8 Å². The van der Waals surface area contributed by atoms with Gasteiger partial charge in [0.2, 0.25) is 0 Å². The summed E-state index contributed by atoms with van der Waals surface area (Å²) in [4.78, 5) is 22.8. The Morgan fingerprint density at radius 2 is 2.29 bits per heavy atom. The number of nitrogens with zero attached hydrogens (tertiary/aromatic N) is 1. The summed E-state index contributed by atoms with van der Waals surface area (Å²) in [5, 5.41) is 8.88. The first-order chi connectivity index (χ1) is 8.12. The van der Waals surface area contributed by atoms with E-state index in [1.54, 1.807) is 13.0 Å². The van der Waals surface area contributed by atoms with Crippen LogP contribution in [0, 0.1) is 11.3 Å². The van der Waals surface area contributed by atoms with Gasteiger partial charge in [-0.25, -0.2) is 0 Å². The van der Waals surface area contributed by atoms with E-state index in [4.69, 9.17) is 10.00 Å². The van der Waals surface area contributed by atoms with E-state index in [1.807, 2.05) is 6.07 Å². The van der Waals surface area contributed by atoms with Crippen molar-refractivity contribution < 1.29 is 14.3 Å². The van der Waals surface area contributed by atoms with Crippen LogP contribution < -0.4 is 0 Å². The highest BCUT2D eigenvalue weighted by molar-refractivity contribution is 7.80. The second kappa shape index (κ2) is 6.06. The van der Waals surface area contributed by atoms with Crippen molar-refractivity contribution >= 4 is 24.9 Å².